The van der Waals surface area contributed by atoms with Crippen LogP contribution < -0.4 is 5.32 Å². The molecule has 1 saturated heterocycles. The molecule has 2 rings (SSSR count). The maximum absolute atomic E-state index is 5.66. The summed E-state index contributed by atoms with van der Waals surface area (Å²) in [5.74, 6) is 0.593. The van der Waals surface area contributed by atoms with E-state index in [4.69, 9.17) is 4.74 Å². The number of nitrogens with one attached hydrogen (secondary N) is 1. The Kier molecular flexibility index (Phi) is 4.06. The van der Waals surface area contributed by atoms with Gasteiger partial charge in [0.1, 0.15) is 0 Å². The number of ether oxygens (including phenoxy) is 1. The Morgan fingerprint density at radius 3 is 2.81 bits per heavy atom. The number of hydrogen-bond donors (Lipinski definition) is 1. The van der Waals surface area contributed by atoms with Crippen LogP contribution in [0.2, 0.25) is 0 Å². The van der Waals surface area contributed by atoms with Crippen molar-refractivity contribution in [1.29, 1.82) is 0 Å². The van der Waals surface area contributed by atoms with Crippen LogP contribution >= 0.6 is 27.3 Å². The molecule has 2 nitrogen and oxygen atoms in total. The lowest BCUT2D eigenvalue weighted by Crippen LogP contribution is -2.28. The molecule has 4 heteroatoms. The fourth-order valence-electron chi connectivity index (χ4n) is 2.39. The van der Waals surface area contributed by atoms with Gasteiger partial charge in [0.15, 0.2) is 0 Å². The summed E-state index contributed by atoms with van der Waals surface area (Å²) in [7, 11) is 2.04. The lowest BCUT2D eigenvalue weighted by Gasteiger charge is -2.24. The van der Waals surface area contributed by atoms with Crippen LogP contribution in [0.25, 0.3) is 0 Å². The highest BCUT2D eigenvalue weighted by Gasteiger charge is 2.32. The first-order chi connectivity index (χ1) is 7.63. The molecule has 3 atom stereocenters. The van der Waals surface area contributed by atoms with E-state index in [0.717, 1.165) is 13.0 Å². The van der Waals surface area contributed by atoms with Crippen LogP contribution in [0, 0.1) is 12.8 Å². The molecule has 2 heterocycles. The van der Waals surface area contributed by atoms with Crippen LogP contribution in [0.5, 0.6) is 0 Å². The van der Waals surface area contributed by atoms with Gasteiger partial charge in [0.2, 0.25) is 0 Å². The second kappa shape index (κ2) is 5.17. The predicted octanol–water partition coefficient (Wildman–Crippen LogP) is 3.50. The van der Waals surface area contributed by atoms with Crippen molar-refractivity contribution < 1.29 is 4.74 Å². The molecule has 1 fully saturated rings. The molecule has 0 bridgehead atoms. The van der Waals surface area contributed by atoms with Gasteiger partial charge in [-0.1, -0.05) is 0 Å². The fraction of sp³-hybridized carbons (Fsp3) is 0.667. The van der Waals surface area contributed by atoms with Crippen molar-refractivity contribution >= 4 is 27.3 Å². The monoisotopic (exact) mass is 303 g/mol. The van der Waals surface area contributed by atoms with Crippen molar-refractivity contribution in [2.45, 2.75) is 32.4 Å². The lowest BCUT2D eigenvalue weighted by atomic mass is 9.92. The number of thiophene rings is 1. The molecule has 0 spiro atoms. The Morgan fingerprint density at radius 1 is 1.62 bits per heavy atom. The Morgan fingerprint density at radius 2 is 2.38 bits per heavy atom. The average molecular weight is 304 g/mol. The highest BCUT2D eigenvalue weighted by atomic mass is 79.9. The van der Waals surface area contributed by atoms with E-state index in [0.29, 0.717) is 18.1 Å². The first kappa shape index (κ1) is 12.6. The fourth-order valence-corrected chi connectivity index (χ4v) is 4.14. The molecule has 1 aromatic heterocycles. The zero-order chi connectivity index (χ0) is 11.7. The second-order valence-corrected chi connectivity index (χ2v) is 6.49. The summed E-state index contributed by atoms with van der Waals surface area (Å²) in [5, 5.41) is 3.44. The summed E-state index contributed by atoms with van der Waals surface area (Å²) in [4.78, 5) is 2.76. The Balaban J connectivity index is 2.21. The van der Waals surface area contributed by atoms with Crippen LogP contribution in [-0.2, 0) is 4.74 Å². The van der Waals surface area contributed by atoms with Gasteiger partial charge in [-0.2, -0.15) is 0 Å². The molecule has 1 N–H and O–H groups in total. The highest BCUT2D eigenvalue weighted by molar-refractivity contribution is 9.10. The van der Waals surface area contributed by atoms with E-state index in [1.165, 1.54) is 14.2 Å². The van der Waals surface area contributed by atoms with E-state index in [-0.39, 0.29) is 0 Å². The highest BCUT2D eigenvalue weighted by Crippen LogP contribution is 2.38. The van der Waals surface area contributed by atoms with Crippen LogP contribution in [0.1, 0.15) is 29.1 Å². The second-order valence-electron chi connectivity index (χ2n) is 4.35. The van der Waals surface area contributed by atoms with Gasteiger partial charge in [-0.3, -0.25) is 0 Å². The average Bonchev–Trinajstić information content (AvgIpc) is 2.78. The minimum Gasteiger partial charge on any atom is -0.378 e. The molecule has 1 aromatic rings. The van der Waals surface area contributed by atoms with Gasteiger partial charge >= 0.3 is 0 Å². The quantitative estimate of drug-likeness (QED) is 0.923. The van der Waals surface area contributed by atoms with E-state index >= 15 is 0 Å². The van der Waals surface area contributed by atoms with Gasteiger partial charge in [-0.05, 0) is 49.3 Å². The van der Waals surface area contributed by atoms with Gasteiger partial charge in [0.25, 0.3) is 0 Å². The van der Waals surface area contributed by atoms with Gasteiger partial charge in [-0.25, -0.2) is 0 Å². The van der Waals surface area contributed by atoms with Gasteiger partial charge in [0, 0.05) is 32.8 Å². The molecule has 90 valence electrons. The Hall–Kier alpha value is 0.1000. The molecule has 3 unspecified atom stereocenters. The summed E-state index contributed by atoms with van der Waals surface area (Å²) in [6.45, 7) is 5.23. The van der Waals surface area contributed by atoms with E-state index in [1.807, 2.05) is 18.4 Å². The van der Waals surface area contributed by atoms with Crippen molar-refractivity contribution in [3.8, 4) is 0 Å². The molecule has 0 amide bonds. The summed E-state index contributed by atoms with van der Waals surface area (Å²) in [6, 6.07) is 2.67. The van der Waals surface area contributed by atoms with E-state index in [2.05, 4.69) is 41.2 Å². The van der Waals surface area contributed by atoms with Crippen LogP contribution in [0.4, 0.5) is 0 Å². The Bertz CT molecular complexity index is 346. The molecule has 16 heavy (non-hydrogen) atoms. The molecular weight excluding hydrogens is 286 g/mol. The molecule has 0 radical (unpaired) electrons. The maximum Gasteiger partial charge on any atom is 0.0594 e. The molecule has 0 saturated carbocycles. The zero-order valence-electron chi connectivity index (χ0n) is 9.92. The summed E-state index contributed by atoms with van der Waals surface area (Å²) in [6.07, 6.45) is 1.51. The smallest absolute Gasteiger partial charge is 0.0594 e. The molecule has 0 aliphatic carbocycles. The molecule has 1 aliphatic rings. The molecule has 0 aromatic carbocycles. The largest absolute Gasteiger partial charge is 0.378 e. The number of hydrogen-bond acceptors (Lipinski definition) is 3. The van der Waals surface area contributed by atoms with Crippen LogP contribution in [0.15, 0.2) is 10.5 Å². The van der Waals surface area contributed by atoms with Crippen LogP contribution in [0.3, 0.4) is 0 Å². The zero-order valence-corrected chi connectivity index (χ0v) is 12.3. The van der Waals surface area contributed by atoms with E-state index in [9.17, 15) is 0 Å². The minimum atomic E-state index is 0.360. The standard InChI is InChI=1S/C12H18BrNOS/c1-7-9(4-5-15-7)12(14-3)11-6-10(13)8(2)16-11/h6-7,9,12,14H,4-5H2,1-3H3. The Labute approximate surface area is 110 Å². The predicted molar refractivity (Wildman–Crippen MR) is 72.1 cm³/mol. The maximum atomic E-state index is 5.66. The number of halogens is 1. The van der Waals surface area contributed by atoms with Crippen molar-refractivity contribution in [3.05, 3.63) is 20.3 Å². The third kappa shape index (κ3) is 2.35. The minimum absolute atomic E-state index is 0.360. The summed E-state index contributed by atoms with van der Waals surface area (Å²) >= 11 is 5.46. The lowest BCUT2D eigenvalue weighted by molar-refractivity contribution is 0.0966. The van der Waals surface area contributed by atoms with Crippen molar-refractivity contribution in [2.75, 3.05) is 13.7 Å². The molecular formula is C12H18BrNOS. The topological polar surface area (TPSA) is 21.3 Å². The first-order valence-corrected chi connectivity index (χ1v) is 7.29. The van der Waals surface area contributed by atoms with E-state index < -0.39 is 0 Å². The third-order valence-electron chi connectivity index (χ3n) is 3.36. The number of rotatable bonds is 3. The van der Waals surface area contributed by atoms with Crippen molar-refractivity contribution in [2.24, 2.45) is 5.92 Å². The summed E-state index contributed by atoms with van der Waals surface area (Å²) in [5.41, 5.74) is 0. The SMILES string of the molecule is CNC(c1cc(Br)c(C)s1)C1CCOC1C. The van der Waals surface area contributed by atoms with Crippen molar-refractivity contribution in [3.63, 3.8) is 0 Å². The van der Waals surface area contributed by atoms with E-state index in [1.54, 1.807) is 0 Å². The van der Waals surface area contributed by atoms with Crippen LogP contribution in [-0.4, -0.2) is 19.8 Å². The van der Waals surface area contributed by atoms with Gasteiger partial charge in [-0.15, -0.1) is 11.3 Å². The molecule has 1 aliphatic heterocycles. The normalized spacial score (nSPS) is 27.2. The van der Waals surface area contributed by atoms with Gasteiger partial charge in [0.05, 0.1) is 6.10 Å². The van der Waals surface area contributed by atoms with Gasteiger partial charge < -0.3 is 10.1 Å². The van der Waals surface area contributed by atoms with Crippen molar-refractivity contribution in [1.82, 2.24) is 5.32 Å². The summed E-state index contributed by atoms with van der Waals surface area (Å²) < 4.78 is 6.88. The first-order valence-electron chi connectivity index (χ1n) is 5.68. The third-order valence-corrected chi connectivity index (χ3v) is 5.58. The number of aryl methyl sites for hydroxylation is 1.